The molecule has 150 valence electrons. The number of carbonyl (C=O) groups is 1. The van der Waals surface area contributed by atoms with Crippen molar-refractivity contribution in [1.82, 2.24) is 20.4 Å². The fourth-order valence-corrected chi connectivity index (χ4v) is 4.65. The zero-order valence-electron chi connectivity index (χ0n) is 16.3. The summed E-state index contributed by atoms with van der Waals surface area (Å²) >= 11 is 1.52. The molecule has 0 saturated carbocycles. The Hall–Kier alpha value is -2.71. The van der Waals surface area contributed by atoms with Gasteiger partial charge in [-0.2, -0.15) is 5.10 Å². The predicted molar refractivity (Wildman–Crippen MR) is 111 cm³/mol. The van der Waals surface area contributed by atoms with E-state index in [2.05, 4.69) is 25.3 Å². The van der Waals surface area contributed by atoms with Gasteiger partial charge in [-0.05, 0) is 30.0 Å². The van der Waals surface area contributed by atoms with E-state index in [1.807, 2.05) is 42.5 Å². The summed E-state index contributed by atoms with van der Waals surface area (Å²) in [4.78, 5) is 14.9. The van der Waals surface area contributed by atoms with E-state index in [0.29, 0.717) is 5.92 Å². The third-order valence-electron chi connectivity index (χ3n) is 5.10. The van der Waals surface area contributed by atoms with Crippen LogP contribution in [-0.4, -0.2) is 46.4 Å². The molecule has 0 spiro atoms. The summed E-state index contributed by atoms with van der Waals surface area (Å²) in [6.07, 6.45) is 3.31. The van der Waals surface area contributed by atoms with E-state index in [-0.39, 0.29) is 12.2 Å². The van der Waals surface area contributed by atoms with Crippen LogP contribution in [0.5, 0.6) is 0 Å². The molecule has 1 fully saturated rings. The van der Waals surface area contributed by atoms with Gasteiger partial charge in [0.25, 0.3) is 0 Å². The van der Waals surface area contributed by atoms with E-state index >= 15 is 0 Å². The monoisotopic (exact) mass is 409 g/mol. The number of hydrogen-bond acceptors (Lipinski definition) is 8. The summed E-state index contributed by atoms with van der Waals surface area (Å²) in [5, 5.41) is 18.4. The van der Waals surface area contributed by atoms with Gasteiger partial charge in [0.15, 0.2) is 11.6 Å². The van der Waals surface area contributed by atoms with Crippen molar-refractivity contribution in [2.75, 3.05) is 25.1 Å². The molecule has 1 aliphatic rings. The normalized spacial score (nSPS) is 17.4. The van der Waals surface area contributed by atoms with Gasteiger partial charge in [-0.15, -0.1) is 26.6 Å². The summed E-state index contributed by atoms with van der Waals surface area (Å²) in [5.74, 6) is 1.42. The molecular weight excluding hydrogens is 386 g/mol. The summed E-state index contributed by atoms with van der Waals surface area (Å²) in [5.41, 5.74) is 0.861. The van der Waals surface area contributed by atoms with E-state index in [1.54, 1.807) is 13.3 Å². The molecule has 7 nitrogen and oxygen atoms in total. The third kappa shape index (κ3) is 4.83. The summed E-state index contributed by atoms with van der Waals surface area (Å²) in [6.45, 7) is 1.91. The molecular formula is C21H23N5O2S. The molecule has 3 heterocycles. The van der Waals surface area contributed by atoms with Crippen LogP contribution in [0, 0.1) is 5.92 Å². The molecule has 0 N–H and O–H groups in total. The van der Waals surface area contributed by atoms with Crippen LogP contribution in [0.15, 0.2) is 48.7 Å². The molecule has 2 atom stereocenters. The zero-order chi connectivity index (χ0) is 20.1. The highest BCUT2D eigenvalue weighted by Gasteiger charge is 2.26. The molecule has 0 amide bonds. The van der Waals surface area contributed by atoms with Crippen molar-refractivity contribution < 1.29 is 9.53 Å². The van der Waals surface area contributed by atoms with Crippen molar-refractivity contribution in [1.29, 1.82) is 0 Å². The van der Waals surface area contributed by atoms with Gasteiger partial charge in [0, 0.05) is 32.8 Å². The Morgan fingerprint density at radius 1 is 1.17 bits per heavy atom. The van der Waals surface area contributed by atoms with Crippen molar-refractivity contribution in [3.63, 3.8) is 0 Å². The first-order chi connectivity index (χ1) is 14.2. The summed E-state index contributed by atoms with van der Waals surface area (Å²) < 4.78 is 5.43. The van der Waals surface area contributed by atoms with Crippen LogP contribution in [0.25, 0.3) is 0 Å². The molecule has 0 bridgehead atoms. The Bertz CT molecular complexity index is 935. The SMILES string of the molecule is CO[C@H](C(=O)Cc1nnc(C[C@@H]2CCN(c3cccnn3)C2)s1)c1ccccc1. The third-order valence-corrected chi connectivity index (χ3v) is 6.04. The molecule has 0 radical (unpaired) electrons. The van der Waals surface area contributed by atoms with E-state index in [9.17, 15) is 4.79 Å². The number of carbonyl (C=O) groups excluding carboxylic acids is 1. The summed E-state index contributed by atoms with van der Waals surface area (Å²) in [7, 11) is 1.56. The van der Waals surface area contributed by atoms with Gasteiger partial charge in [-0.25, -0.2) is 0 Å². The maximum atomic E-state index is 12.7. The summed E-state index contributed by atoms with van der Waals surface area (Å²) in [6, 6.07) is 13.4. The van der Waals surface area contributed by atoms with Crippen LogP contribution < -0.4 is 4.90 Å². The minimum absolute atomic E-state index is 0.00362. The number of anilines is 1. The standard InChI is InChI=1S/C21H23N5O2S/c1-28-21(16-6-3-2-4-7-16)17(27)13-20-25-24-19(29-20)12-15-9-11-26(14-15)18-8-5-10-22-23-18/h2-8,10,15,21H,9,11-14H2,1H3/t15-,21-/m0/s1. The lowest BCUT2D eigenvalue weighted by Gasteiger charge is -2.15. The molecule has 0 aliphatic carbocycles. The van der Waals surface area contributed by atoms with Crippen LogP contribution in [0.2, 0.25) is 0 Å². The van der Waals surface area contributed by atoms with E-state index in [4.69, 9.17) is 4.74 Å². The first-order valence-electron chi connectivity index (χ1n) is 9.67. The highest BCUT2D eigenvalue weighted by atomic mass is 32.1. The van der Waals surface area contributed by atoms with Gasteiger partial charge in [0.2, 0.25) is 0 Å². The van der Waals surface area contributed by atoms with E-state index in [1.165, 1.54) is 11.3 Å². The molecule has 4 rings (SSSR count). The van der Waals surface area contributed by atoms with Crippen LogP contribution >= 0.6 is 11.3 Å². The Morgan fingerprint density at radius 2 is 2.00 bits per heavy atom. The minimum atomic E-state index is -0.570. The second-order valence-electron chi connectivity index (χ2n) is 7.15. The highest BCUT2D eigenvalue weighted by Crippen LogP contribution is 2.26. The number of ketones is 1. The number of aromatic nitrogens is 4. The van der Waals surface area contributed by atoms with Crippen LogP contribution in [0.3, 0.4) is 0 Å². The molecule has 1 aliphatic heterocycles. The van der Waals surface area contributed by atoms with Crippen molar-refractivity contribution in [2.45, 2.75) is 25.4 Å². The Labute approximate surface area is 173 Å². The molecule has 29 heavy (non-hydrogen) atoms. The highest BCUT2D eigenvalue weighted by molar-refractivity contribution is 7.11. The van der Waals surface area contributed by atoms with Gasteiger partial charge in [0.1, 0.15) is 16.1 Å². The Balaban J connectivity index is 1.33. The average molecular weight is 410 g/mol. The van der Waals surface area contributed by atoms with Crippen molar-refractivity contribution >= 4 is 22.9 Å². The first-order valence-corrected chi connectivity index (χ1v) is 10.5. The molecule has 3 aromatic rings. The van der Waals surface area contributed by atoms with Crippen LogP contribution in [0.1, 0.15) is 28.1 Å². The lowest BCUT2D eigenvalue weighted by atomic mass is 10.0. The lowest BCUT2D eigenvalue weighted by molar-refractivity contribution is -0.128. The van der Waals surface area contributed by atoms with Gasteiger partial charge in [-0.1, -0.05) is 30.3 Å². The number of hydrogen-bond donors (Lipinski definition) is 0. The van der Waals surface area contributed by atoms with Crippen molar-refractivity contribution in [3.8, 4) is 0 Å². The van der Waals surface area contributed by atoms with Gasteiger partial charge < -0.3 is 9.64 Å². The maximum Gasteiger partial charge on any atom is 0.172 e. The number of nitrogens with zero attached hydrogens (tertiary/aromatic N) is 5. The fourth-order valence-electron chi connectivity index (χ4n) is 3.68. The molecule has 1 aromatic carbocycles. The van der Waals surface area contributed by atoms with Gasteiger partial charge >= 0.3 is 0 Å². The van der Waals surface area contributed by atoms with E-state index < -0.39 is 6.10 Å². The number of methoxy groups -OCH3 is 1. The van der Waals surface area contributed by atoms with Crippen molar-refractivity contribution in [2.24, 2.45) is 5.92 Å². The maximum absolute atomic E-state index is 12.7. The molecule has 2 aromatic heterocycles. The number of Topliss-reactive ketones (excluding diaryl/α,β-unsaturated/α-hetero) is 1. The van der Waals surface area contributed by atoms with Gasteiger partial charge in [-0.3, -0.25) is 4.79 Å². The predicted octanol–water partition coefficient (Wildman–Crippen LogP) is 2.90. The lowest BCUT2D eigenvalue weighted by Crippen LogP contribution is -2.21. The smallest absolute Gasteiger partial charge is 0.172 e. The molecule has 8 heteroatoms. The fraction of sp³-hybridized carbons (Fsp3) is 0.381. The molecule has 1 saturated heterocycles. The average Bonchev–Trinajstić information content (AvgIpc) is 3.40. The minimum Gasteiger partial charge on any atom is -0.369 e. The second-order valence-corrected chi connectivity index (χ2v) is 8.29. The quantitative estimate of drug-likeness (QED) is 0.566. The zero-order valence-corrected chi connectivity index (χ0v) is 17.1. The Kier molecular flexibility index (Phi) is 6.21. The van der Waals surface area contributed by atoms with E-state index in [0.717, 1.165) is 47.3 Å². The number of ether oxygens (including phenoxy) is 1. The first kappa shape index (κ1) is 19.6. The molecule has 0 unspecified atom stereocenters. The van der Waals surface area contributed by atoms with Crippen LogP contribution in [-0.2, 0) is 22.4 Å². The van der Waals surface area contributed by atoms with Crippen LogP contribution in [0.4, 0.5) is 5.82 Å². The van der Waals surface area contributed by atoms with Gasteiger partial charge in [0.05, 0.1) is 6.42 Å². The number of rotatable bonds is 8. The largest absolute Gasteiger partial charge is 0.369 e. The second kappa shape index (κ2) is 9.19. The Morgan fingerprint density at radius 3 is 2.76 bits per heavy atom. The topological polar surface area (TPSA) is 81.1 Å². The number of benzene rings is 1. The van der Waals surface area contributed by atoms with Crippen molar-refractivity contribution in [3.05, 3.63) is 64.2 Å².